The second-order valence-electron chi connectivity index (χ2n) is 7.62. The number of hydrogen-bond acceptors (Lipinski definition) is 6. The molecule has 142 valence electrons. The number of hydrogen-bond donors (Lipinski definition) is 2. The molecule has 5 rings (SSSR count). The Hall–Kier alpha value is -3.23. The zero-order valence-corrected chi connectivity index (χ0v) is 15.2. The van der Waals surface area contributed by atoms with Gasteiger partial charge in [-0.15, -0.1) is 0 Å². The molecule has 0 radical (unpaired) electrons. The number of nitrogens with one attached hydrogen (secondary N) is 1. The van der Waals surface area contributed by atoms with Crippen LogP contribution >= 0.6 is 0 Å². The van der Waals surface area contributed by atoms with Gasteiger partial charge in [-0.05, 0) is 56.2 Å². The molecule has 1 saturated carbocycles. The van der Waals surface area contributed by atoms with Gasteiger partial charge < -0.3 is 15.2 Å². The van der Waals surface area contributed by atoms with Gasteiger partial charge in [0.2, 0.25) is 0 Å². The Morgan fingerprint density at radius 2 is 2.04 bits per heavy atom. The molecule has 1 aliphatic carbocycles. The number of nitriles is 2. The highest BCUT2D eigenvalue weighted by molar-refractivity contribution is 5.80. The van der Waals surface area contributed by atoms with Crippen molar-refractivity contribution in [2.45, 2.75) is 49.7 Å². The van der Waals surface area contributed by atoms with Crippen LogP contribution in [0.1, 0.15) is 48.9 Å². The van der Waals surface area contributed by atoms with Crippen molar-refractivity contribution in [2.75, 3.05) is 6.61 Å². The van der Waals surface area contributed by atoms with Crippen molar-refractivity contribution in [3.05, 3.63) is 35.2 Å². The maximum absolute atomic E-state index is 11.1. The molecule has 2 N–H and O–H groups in total. The van der Waals surface area contributed by atoms with Gasteiger partial charge in [0.15, 0.2) is 0 Å². The van der Waals surface area contributed by atoms with Crippen LogP contribution in [0.15, 0.2) is 18.3 Å². The molecule has 0 aromatic carbocycles. The lowest BCUT2D eigenvalue weighted by Crippen LogP contribution is -2.62. The summed E-state index contributed by atoms with van der Waals surface area (Å²) >= 11 is 0. The second kappa shape index (κ2) is 6.74. The molecule has 4 heterocycles. The molecule has 0 spiro atoms. The van der Waals surface area contributed by atoms with Gasteiger partial charge in [-0.3, -0.25) is 4.98 Å². The third-order valence-electron chi connectivity index (χ3n) is 6.03. The quantitative estimate of drug-likeness (QED) is 0.837. The Morgan fingerprint density at radius 3 is 2.64 bits per heavy atom. The van der Waals surface area contributed by atoms with Crippen molar-refractivity contribution in [3.63, 3.8) is 0 Å². The van der Waals surface area contributed by atoms with E-state index in [1.165, 1.54) is 0 Å². The third-order valence-corrected chi connectivity index (χ3v) is 6.03. The molecule has 0 unspecified atom stereocenters. The fourth-order valence-corrected chi connectivity index (χ4v) is 4.36. The summed E-state index contributed by atoms with van der Waals surface area (Å²) in [4.78, 5) is 19.7. The number of aryl methyl sites for hydroxylation is 1. The summed E-state index contributed by atoms with van der Waals surface area (Å²) in [5, 5.41) is 30.4. The number of fused-ring (bicyclic) bond motifs is 4. The van der Waals surface area contributed by atoms with Gasteiger partial charge in [0.25, 0.3) is 0 Å². The summed E-state index contributed by atoms with van der Waals surface area (Å²) in [6.07, 6.45) is 4.87. The molecule has 8 nitrogen and oxygen atoms in total. The zero-order valence-electron chi connectivity index (χ0n) is 15.2. The van der Waals surface area contributed by atoms with Gasteiger partial charge in [0, 0.05) is 6.20 Å². The molecule has 2 aromatic rings. The van der Waals surface area contributed by atoms with Crippen LogP contribution in [-0.2, 0) is 11.2 Å². The number of rotatable bonds is 4. The molecule has 2 aliphatic heterocycles. The number of pyridine rings is 2. The van der Waals surface area contributed by atoms with E-state index in [0.717, 1.165) is 31.2 Å². The van der Waals surface area contributed by atoms with Gasteiger partial charge in [-0.25, -0.2) is 9.78 Å². The van der Waals surface area contributed by atoms with E-state index in [2.05, 4.69) is 21.4 Å². The molecule has 2 bridgehead atoms. The Morgan fingerprint density at radius 1 is 1.25 bits per heavy atom. The second-order valence-corrected chi connectivity index (χ2v) is 7.62. The van der Waals surface area contributed by atoms with Gasteiger partial charge in [-0.2, -0.15) is 10.5 Å². The summed E-state index contributed by atoms with van der Waals surface area (Å²) in [5.74, 6) is 0. The Labute approximate surface area is 161 Å². The number of amides is 1. The lowest BCUT2D eigenvalue weighted by atomic mass is 9.69. The van der Waals surface area contributed by atoms with E-state index in [1.807, 2.05) is 6.07 Å². The van der Waals surface area contributed by atoms with Crippen LogP contribution in [0.5, 0.6) is 0 Å². The Kier molecular flexibility index (Phi) is 4.37. The lowest BCUT2D eigenvalue weighted by molar-refractivity contribution is -0.162. The molecule has 2 aromatic heterocycles. The first-order valence-electron chi connectivity index (χ1n) is 9.22. The molecule has 28 heavy (non-hydrogen) atoms. The third kappa shape index (κ3) is 3.12. The average Bonchev–Trinajstić information content (AvgIpc) is 2.72. The van der Waals surface area contributed by atoms with Gasteiger partial charge in [-0.1, -0.05) is 0 Å². The molecular weight excluding hydrogens is 358 g/mol. The lowest BCUT2D eigenvalue weighted by Gasteiger charge is -2.53. The predicted octanol–water partition coefficient (Wildman–Crippen LogP) is 2.66. The normalized spacial score (nSPS) is 25.8. The smallest absolute Gasteiger partial charge is 0.405 e. The van der Waals surface area contributed by atoms with Crippen molar-refractivity contribution < 1.29 is 14.6 Å². The van der Waals surface area contributed by atoms with E-state index in [4.69, 9.17) is 15.1 Å². The molecule has 2 saturated heterocycles. The summed E-state index contributed by atoms with van der Waals surface area (Å²) in [6.45, 7) is 0.373. The van der Waals surface area contributed by atoms with Crippen molar-refractivity contribution in [1.29, 1.82) is 10.5 Å². The molecule has 0 atom stereocenters. The standard InChI is InChI=1S/C20H19N5O3/c21-9-13-11-23-16-2-1-14(10-22)24-17(16)15(13)3-4-20-7-5-19(6-8-20,12-28-20)25-18(26)27/h1-2,11,25H,3-8,12H2,(H,26,27). The highest BCUT2D eigenvalue weighted by atomic mass is 16.5. The predicted molar refractivity (Wildman–Crippen MR) is 98.3 cm³/mol. The minimum absolute atomic E-state index is 0.292. The van der Waals surface area contributed by atoms with Crippen LogP contribution in [0.3, 0.4) is 0 Å². The molecule has 3 fully saturated rings. The van der Waals surface area contributed by atoms with Crippen molar-refractivity contribution in [1.82, 2.24) is 15.3 Å². The van der Waals surface area contributed by atoms with E-state index in [0.29, 0.717) is 41.7 Å². The van der Waals surface area contributed by atoms with Crippen LogP contribution in [-0.4, -0.2) is 38.9 Å². The van der Waals surface area contributed by atoms with E-state index in [9.17, 15) is 10.1 Å². The van der Waals surface area contributed by atoms with Crippen LogP contribution in [0.2, 0.25) is 0 Å². The fraction of sp³-hybridized carbons (Fsp3) is 0.450. The summed E-state index contributed by atoms with van der Waals surface area (Å²) < 4.78 is 6.12. The van der Waals surface area contributed by atoms with Crippen LogP contribution in [0, 0.1) is 22.7 Å². The maximum Gasteiger partial charge on any atom is 0.405 e. The minimum Gasteiger partial charge on any atom is -0.465 e. The summed E-state index contributed by atoms with van der Waals surface area (Å²) in [7, 11) is 0. The SMILES string of the molecule is N#Cc1ccc2ncc(C#N)c(CCC34CCC(NC(=O)O)(CC3)CO4)c2n1. The average molecular weight is 377 g/mol. The summed E-state index contributed by atoms with van der Waals surface area (Å²) in [6, 6.07) is 7.57. The number of aromatic nitrogens is 2. The van der Waals surface area contributed by atoms with Crippen molar-refractivity contribution in [3.8, 4) is 12.1 Å². The number of ether oxygens (including phenoxy) is 1. The van der Waals surface area contributed by atoms with Gasteiger partial charge in [0.1, 0.15) is 17.8 Å². The Bertz CT molecular complexity index is 1010. The van der Waals surface area contributed by atoms with E-state index in [1.54, 1.807) is 18.3 Å². The number of nitrogens with zero attached hydrogens (tertiary/aromatic N) is 4. The van der Waals surface area contributed by atoms with Crippen molar-refractivity contribution >= 4 is 17.1 Å². The van der Waals surface area contributed by atoms with Crippen molar-refractivity contribution in [2.24, 2.45) is 0 Å². The maximum atomic E-state index is 11.1. The van der Waals surface area contributed by atoms with E-state index >= 15 is 0 Å². The largest absolute Gasteiger partial charge is 0.465 e. The highest BCUT2D eigenvalue weighted by Crippen LogP contribution is 2.46. The van der Waals surface area contributed by atoms with Crippen LogP contribution in [0.25, 0.3) is 11.0 Å². The van der Waals surface area contributed by atoms with Crippen LogP contribution < -0.4 is 5.32 Å². The molecule has 8 heteroatoms. The van der Waals surface area contributed by atoms with Crippen LogP contribution in [0.4, 0.5) is 4.79 Å². The molecule has 1 amide bonds. The van der Waals surface area contributed by atoms with E-state index in [-0.39, 0.29) is 5.60 Å². The molecule has 3 aliphatic rings. The monoisotopic (exact) mass is 377 g/mol. The first-order valence-corrected chi connectivity index (χ1v) is 9.22. The molecular formula is C20H19N5O3. The first kappa shape index (κ1) is 18.1. The first-order chi connectivity index (χ1) is 13.5. The highest BCUT2D eigenvalue weighted by Gasteiger charge is 2.50. The topological polar surface area (TPSA) is 132 Å². The minimum atomic E-state index is -1.01. The fourth-order valence-electron chi connectivity index (χ4n) is 4.36. The van der Waals surface area contributed by atoms with Gasteiger partial charge in [0.05, 0.1) is 34.3 Å². The zero-order chi connectivity index (χ0) is 19.8. The van der Waals surface area contributed by atoms with E-state index < -0.39 is 11.6 Å². The summed E-state index contributed by atoms with van der Waals surface area (Å²) in [5.41, 5.74) is 2.00. The van der Waals surface area contributed by atoms with Gasteiger partial charge >= 0.3 is 6.09 Å². The Balaban J connectivity index is 1.58. The number of carboxylic acid groups (broad SMARTS) is 1. The number of carbonyl (C=O) groups is 1.